The van der Waals surface area contributed by atoms with Crippen LogP contribution in [0.5, 0.6) is 0 Å². The summed E-state index contributed by atoms with van der Waals surface area (Å²) < 4.78 is 5.26. The van der Waals surface area contributed by atoms with Gasteiger partial charge in [-0.3, -0.25) is 14.7 Å². The Hall–Kier alpha value is -1.46. The summed E-state index contributed by atoms with van der Waals surface area (Å²) in [7, 11) is 0. The lowest BCUT2D eigenvalue weighted by Gasteiger charge is -2.32. The summed E-state index contributed by atoms with van der Waals surface area (Å²) in [5, 5.41) is 0. The van der Waals surface area contributed by atoms with E-state index in [1.807, 2.05) is 17.0 Å². The zero-order valence-electron chi connectivity index (χ0n) is 9.00. The number of rotatable bonds is 3. The fourth-order valence-corrected chi connectivity index (χ4v) is 1.93. The van der Waals surface area contributed by atoms with Crippen LogP contribution < -0.4 is 5.73 Å². The van der Waals surface area contributed by atoms with Gasteiger partial charge in [-0.05, 0) is 11.6 Å². The molecule has 0 aromatic carbocycles. The van der Waals surface area contributed by atoms with Crippen molar-refractivity contribution in [3.63, 3.8) is 0 Å². The fraction of sp³-hybridized carbons (Fsp3) is 0.455. The number of morpholine rings is 1. The van der Waals surface area contributed by atoms with Crippen molar-refractivity contribution < 1.29 is 9.53 Å². The van der Waals surface area contributed by atoms with Crippen LogP contribution in [0, 0.1) is 0 Å². The highest BCUT2D eigenvalue weighted by Crippen LogP contribution is 2.20. The van der Waals surface area contributed by atoms with Crippen molar-refractivity contribution in [3.05, 3.63) is 30.1 Å². The van der Waals surface area contributed by atoms with Gasteiger partial charge in [-0.25, -0.2) is 0 Å². The van der Waals surface area contributed by atoms with Crippen molar-refractivity contribution in [3.8, 4) is 0 Å². The number of hydrogen-bond acceptors (Lipinski definition) is 4. The van der Waals surface area contributed by atoms with Gasteiger partial charge in [0.05, 0.1) is 13.2 Å². The normalized spacial score (nSPS) is 19.2. The summed E-state index contributed by atoms with van der Waals surface area (Å²) in [5.74, 6) is -0.338. The van der Waals surface area contributed by atoms with Crippen LogP contribution in [0.1, 0.15) is 11.6 Å². The molecule has 0 spiro atoms. The molecule has 0 bridgehead atoms. The van der Waals surface area contributed by atoms with Gasteiger partial charge >= 0.3 is 0 Å². The van der Waals surface area contributed by atoms with Gasteiger partial charge in [0.1, 0.15) is 6.04 Å². The Morgan fingerprint density at radius 1 is 1.50 bits per heavy atom. The minimum absolute atomic E-state index is 0.338. The van der Waals surface area contributed by atoms with Crippen LogP contribution in [0.15, 0.2) is 24.5 Å². The first-order valence-corrected chi connectivity index (χ1v) is 5.30. The maximum Gasteiger partial charge on any atom is 0.239 e. The predicted molar refractivity (Wildman–Crippen MR) is 58.6 cm³/mol. The SMILES string of the molecule is NC(=O)C(c1cccnc1)N1CCOCC1. The maximum atomic E-state index is 11.5. The molecule has 0 radical (unpaired) electrons. The molecule has 5 heteroatoms. The molecular weight excluding hydrogens is 206 g/mol. The number of amides is 1. The molecule has 2 N–H and O–H groups in total. The van der Waals surface area contributed by atoms with Crippen LogP contribution in [0.25, 0.3) is 0 Å². The highest BCUT2D eigenvalue weighted by Gasteiger charge is 2.27. The third kappa shape index (κ3) is 2.37. The monoisotopic (exact) mass is 221 g/mol. The first-order chi connectivity index (χ1) is 7.79. The van der Waals surface area contributed by atoms with Gasteiger partial charge in [0.25, 0.3) is 0 Å². The van der Waals surface area contributed by atoms with E-state index >= 15 is 0 Å². The Balaban J connectivity index is 2.20. The average molecular weight is 221 g/mol. The van der Waals surface area contributed by atoms with Gasteiger partial charge in [-0.15, -0.1) is 0 Å². The number of carbonyl (C=O) groups excluding carboxylic acids is 1. The zero-order valence-corrected chi connectivity index (χ0v) is 9.00. The van der Waals surface area contributed by atoms with E-state index in [1.54, 1.807) is 12.4 Å². The number of nitrogens with two attached hydrogens (primary N) is 1. The van der Waals surface area contributed by atoms with Gasteiger partial charge < -0.3 is 10.5 Å². The van der Waals surface area contributed by atoms with Crippen molar-refractivity contribution >= 4 is 5.91 Å². The van der Waals surface area contributed by atoms with E-state index in [-0.39, 0.29) is 5.91 Å². The molecule has 2 heterocycles. The summed E-state index contributed by atoms with van der Waals surface area (Å²) in [6, 6.07) is 3.29. The first kappa shape index (κ1) is 11.0. The van der Waals surface area contributed by atoms with Crippen molar-refractivity contribution in [1.29, 1.82) is 0 Å². The molecule has 1 aromatic heterocycles. The molecule has 5 nitrogen and oxygen atoms in total. The molecule has 1 fully saturated rings. The second-order valence-electron chi connectivity index (χ2n) is 3.74. The Morgan fingerprint density at radius 3 is 2.81 bits per heavy atom. The predicted octanol–water partition coefficient (Wildman–Crippen LogP) is -0.0598. The number of primary amides is 1. The molecule has 86 valence electrons. The van der Waals surface area contributed by atoms with E-state index in [0.717, 1.165) is 18.7 Å². The summed E-state index contributed by atoms with van der Waals surface area (Å²) >= 11 is 0. The minimum Gasteiger partial charge on any atom is -0.379 e. The summed E-state index contributed by atoms with van der Waals surface area (Å²) in [4.78, 5) is 17.6. The van der Waals surface area contributed by atoms with E-state index in [2.05, 4.69) is 4.98 Å². The molecule has 0 aliphatic carbocycles. The third-order valence-electron chi connectivity index (χ3n) is 2.68. The van der Waals surface area contributed by atoms with E-state index in [9.17, 15) is 4.79 Å². The van der Waals surface area contributed by atoms with Crippen molar-refractivity contribution in [1.82, 2.24) is 9.88 Å². The minimum atomic E-state index is -0.391. The molecule has 1 aliphatic heterocycles. The Labute approximate surface area is 94.2 Å². The molecule has 1 aromatic rings. The largest absolute Gasteiger partial charge is 0.379 e. The van der Waals surface area contributed by atoms with Crippen LogP contribution in [0.2, 0.25) is 0 Å². The number of hydrogen-bond donors (Lipinski definition) is 1. The number of nitrogens with zero attached hydrogens (tertiary/aromatic N) is 2. The van der Waals surface area contributed by atoms with E-state index < -0.39 is 6.04 Å². The topological polar surface area (TPSA) is 68.5 Å². The van der Waals surface area contributed by atoms with Crippen LogP contribution in [-0.2, 0) is 9.53 Å². The lowest BCUT2D eigenvalue weighted by Crippen LogP contribution is -2.44. The Bertz CT molecular complexity index is 350. The van der Waals surface area contributed by atoms with Crippen molar-refractivity contribution in [2.24, 2.45) is 5.73 Å². The smallest absolute Gasteiger partial charge is 0.239 e. The second kappa shape index (κ2) is 5.05. The number of aromatic nitrogens is 1. The third-order valence-corrected chi connectivity index (χ3v) is 2.68. The highest BCUT2D eigenvalue weighted by atomic mass is 16.5. The summed E-state index contributed by atoms with van der Waals surface area (Å²) in [5.41, 5.74) is 6.29. The summed E-state index contributed by atoms with van der Waals surface area (Å²) in [6.45, 7) is 2.74. The van der Waals surface area contributed by atoms with Crippen LogP contribution >= 0.6 is 0 Å². The lowest BCUT2D eigenvalue weighted by atomic mass is 10.1. The van der Waals surface area contributed by atoms with Gasteiger partial charge in [0.15, 0.2) is 0 Å². The molecule has 2 rings (SSSR count). The molecular formula is C11H15N3O2. The van der Waals surface area contributed by atoms with Crippen molar-refractivity contribution in [2.45, 2.75) is 6.04 Å². The zero-order chi connectivity index (χ0) is 11.4. The number of carbonyl (C=O) groups is 1. The Morgan fingerprint density at radius 2 is 2.25 bits per heavy atom. The van der Waals surface area contributed by atoms with Crippen LogP contribution in [0.4, 0.5) is 0 Å². The molecule has 1 unspecified atom stereocenters. The average Bonchev–Trinajstić information content (AvgIpc) is 2.31. The van der Waals surface area contributed by atoms with E-state index in [1.165, 1.54) is 0 Å². The lowest BCUT2D eigenvalue weighted by molar-refractivity contribution is -0.125. The fourth-order valence-electron chi connectivity index (χ4n) is 1.93. The second-order valence-corrected chi connectivity index (χ2v) is 3.74. The molecule has 1 amide bonds. The maximum absolute atomic E-state index is 11.5. The highest BCUT2D eigenvalue weighted by molar-refractivity contribution is 5.81. The van der Waals surface area contributed by atoms with Gasteiger partial charge in [-0.2, -0.15) is 0 Å². The Kier molecular flexibility index (Phi) is 3.48. The van der Waals surface area contributed by atoms with Crippen molar-refractivity contribution in [2.75, 3.05) is 26.3 Å². The van der Waals surface area contributed by atoms with Gasteiger partial charge in [0.2, 0.25) is 5.91 Å². The summed E-state index contributed by atoms with van der Waals surface area (Å²) in [6.07, 6.45) is 3.37. The van der Waals surface area contributed by atoms with Crippen LogP contribution in [-0.4, -0.2) is 42.1 Å². The molecule has 16 heavy (non-hydrogen) atoms. The standard InChI is InChI=1S/C11H15N3O2/c12-11(15)10(9-2-1-3-13-8-9)14-4-6-16-7-5-14/h1-3,8,10H,4-7H2,(H2,12,15). The van der Waals surface area contributed by atoms with Gasteiger partial charge in [0, 0.05) is 25.5 Å². The molecule has 1 aliphatic rings. The number of pyridine rings is 1. The van der Waals surface area contributed by atoms with E-state index in [4.69, 9.17) is 10.5 Å². The molecule has 1 atom stereocenters. The number of ether oxygens (including phenoxy) is 1. The van der Waals surface area contributed by atoms with Crippen LogP contribution in [0.3, 0.4) is 0 Å². The first-order valence-electron chi connectivity index (χ1n) is 5.30. The van der Waals surface area contributed by atoms with Gasteiger partial charge in [-0.1, -0.05) is 6.07 Å². The van der Waals surface area contributed by atoms with E-state index in [0.29, 0.717) is 13.2 Å². The quantitative estimate of drug-likeness (QED) is 0.776. The molecule has 1 saturated heterocycles. The molecule has 0 saturated carbocycles.